The van der Waals surface area contributed by atoms with E-state index in [2.05, 4.69) is 17.4 Å². The lowest BCUT2D eigenvalue weighted by atomic mass is 10.0. The van der Waals surface area contributed by atoms with E-state index in [-0.39, 0.29) is 17.8 Å². The minimum Gasteiger partial charge on any atom is -0.349 e. The highest BCUT2D eigenvalue weighted by molar-refractivity contribution is 6.07. The summed E-state index contributed by atoms with van der Waals surface area (Å²) in [6.07, 6.45) is 1.70. The predicted octanol–water partition coefficient (Wildman–Crippen LogP) is 3.88. The molecule has 114 valence electrons. The lowest BCUT2D eigenvalue weighted by Gasteiger charge is -2.13. The third kappa shape index (κ3) is 2.48. The van der Waals surface area contributed by atoms with Crippen molar-refractivity contribution in [3.63, 3.8) is 0 Å². The van der Waals surface area contributed by atoms with Crippen LogP contribution in [0.1, 0.15) is 21.5 Å². The van der Waals surface area contributed by atoms with E-state index in [0.717, 1.165) is 12.8 Å². The molecule has 3 aromatic rings. The summed E-state index contributed by atoms with van der Waals surface area (Å²) < 4.78 is 13.9. The first kappa shape index (κ1) is 13.9. The van der Waals surface area contributed by atoms with Crippen molar-refractivity contribution >= 4 is 16.7 Å². The minimum absolute atomic E-state index is 0.101. The van der Waals surface area contributed by atoms with Gasteiger partial charge < -0.3 is 5.32 Å². The van der Waals surface area contributed by atoms with E-state index in [0.29, 0.717) is 16.3 Å². The zero-order valence-corrected chi connectivity index (χ0v) is 12.6. The number of hydrogen-bond donors (Lipinski definition) is 1. The molecule has 3 aromatic carbocycles. The molecule has 0 saturated carbocycles. The minimum atomic E-state index is -0.301. The van der Waals surface area contributed by atoms with Crippen molar-refractivity contribution < 1.29 is 9.18 Å². The maximum atomic E-state index is 13.9. The Bertz CT molecular complexity index is 878. The van der Waals surface area contributed by atoms with Gasteiger partial charge in [-0.2, -0.15) is 0 Å². The fourth-order valence-corrected chi connectivity index (χ4v) is 3.38. The maximum Gasteiger partial charge on any atom is 0.252 e. The van der Waals surface area contributed by atoms with Crippen LogP contribution in [-0.4, -0.2) is 11.9 Å². The average Bonchev–Trinajstić information content (AvgIpc) is 2.97. The van der Waals surface area contributed by atoms with Crippen molar-refractivity contribution in [1.82, 2.24) is 5.32 Å². The first-order valence-electron chi connectivity index (χ1n) is 7.77. The molecule has 0 atom stereocenters. The van der Waals surface area contributed by atoms with Crippen LogP contribution in [0.5, 0.6) is 0 Å². The molecule has 0 radical (unpaired) electrons. The lowest BCUT2D eigenvalue weighted by molar-refractivity contribution is 0.0940. The summed E-state index contributed by atoms with van der Waals surface area (Å²) in [5, 5.41) is 4.23. The van der Waals surface area contributed by atoms with Gasteiger partial charge in [0.25, 0.3) is 5.91 Å². The Morgan fingerprint density at radius 2 is 1.48 bits per heavy atom. The normalized spacial score (nSPS) is 14.0. The van der Waals surface area contributed by atoms with Crippen LogP contribution in [-0.2, 0) is 12.8 Å². The van der Waals surface area contributed by atoms with Crippen molar-refractivity contribution in [2.45, 2.75) is 18.9 Å². The van der Waals surface area contributed by atoms with Crippen LogP contribution in [0.25, 0.3) is 10.8 Å². The number of amides is 1. The quantitative estimate of drug-likeness (QED) is 0.765. The summed E-state index contributed by atoms with van der Waals surface area (Å²) in [4.78, 5) is 12.6. The first-order chi connectivity index (χ1) is 11.2. The first-order valence-corrected chi connectivity index (χ1v) is 7.77. The van der Waals surface area contributed by atoms with Gasteiger partial charge in [0.2, 0.25) is 0 Å². The van der Waals surface area contributed by atoms with Gasteiger partial charge in [-0.05, 0) is 41.5 Å². The molecule has 0 aliphatic heterocycles. The van der Waals surface area contributed by atoms with Crippen molar-refractivity contribution in [2.75, 3.05) is 0 Å². The van der Waals surface area contributed by atoms with Gasteiger partial charge in [0.05, 0.1) is 0 Å². The molecule has 0 aromatic heterocycles. The number of carbonyl (C=O) groups excluding carboxylic acids is 1. The van der Waals surface area contributed by atoms with E-state index < -0.39 is 0 Å². The Kier molecular flexibility index (Phi) is 3.34. The van der Waals surface area contributed by atoms with Crippen LogP contribution >= 0.6 is 0 Å². The largest absolute Gasteiger partial charge is 0.349 e. The Hall–Kier alpha value is -2.68. The van der Waals surface area contributed by atoms with E-state index in [1.54, 1.807) is 24.3 Å². The zero-order valence-electron chi connectivity index (χ0n) is 12.6. The van der Waals surface area contributed by atoms with Gasteiger partial charge in [0.15, 0.2) is 0 Å². The number of rotatable bonds is 2. The van der Waals surface area contributed by atoms with Crippen LogP contribution < -0.4 is 5.32 Å². The van der Waals surface area contributed by atoms with E-state index >= 15 is 0 Å². The Morgan fingerprint density at radius 1 is 0.870 bits per heavy atom. The summed E-state index contributed by atoms with van der Waals surface area (Å²) >= 11 is 0. The fourth-order valence-electron chi connectivity index (χ4n) is 3.38. The highest BCUT2D eigenvalue weighted by Gasteiger charge is 2.23. The van der Waals surface area contributed by atoms with Gasteiger partial charge in [-0.1, -0.05) is 48.5 Å². The SMILES string of the molecule is O=C(NC1Cc2ccccc2C1)c1ccc(F)c2ccccc12. The van der Waals surface area contributed by atoms with Crippen molar-refractivity contribution in [3.8, 4) is 0 Å². The third-order valence-electron chi connectivity index (χ3n) is 4.50. The van der Waals surface area contributed by atoms with E-state index in [1.807, 2.05) is 18.2 Å². The molecule has 3 heteroatoms. The molecule has 1 amide bonds. The molecule has 1 N–H and O–H groups in total. The standard InChI is InChI=1S/C20H16FNO/c21-19-10-9-18(16-7-3-4-8-17(16)19)20(23)22-15-11-13-5-1-2-6-14(13)12-15/h1-10,15H,11-12H2,(H,22,23). The molecule has 4 rings (SSSR count). The molecule has 1 aliphatic rings. The predicted molar refractivity (Wildman–Crippen MR) is 89.0 cm³/mol. The van der Waals surface area contributed by atoms with Gasteiger partial charge in [0.1, 0.15) is 5.82 Å². The summed E-state index contributed by atoms with van der Waals surface area (Å²) in [5.41, 5.74) is 3.11. The molecular formula is C20H16FNO. The molecule has 23 heavy (non-hydrogen) atoms. The smallest absolute Gasteiger partial charge is 0.252 e. The number of hydrogen-bond acceptors (Lipinski definition) is 1. The zero-order chi connectivity index (χ0) is 15.8. The van der Waals surface area contributed by atoms with Gasteiger partial charge in [-0.25, -0.2) is 4.39 Å². The molecule has 0 bridgehead atoms. The van der Waals surface area contributed by atoms with E-state index in [1.165, 1.54) is 17.2 Å². The molecule has 0 saturated heterocycles. The van der Waals surface area contributed by atoms with Crippen LogP contribution in [0, 0.1) is 5.82 Å². The van der Waals surface area contributed by atoms with Gasteiger partial charge in [-0.15, -0.1) is 0 Å². The monoisotopic (exact) mass is 305 g/mol. The second-order valence-corrected chi connectivity index (χ2v) is 5.99. The molecule has 1 aliphatic carbocycles. The number of halogens is 1. The highest BCUT2D eigenvalue weighted by atomic mass is 19.1. The number of fused-ring (bicyclic) bond motifs is 2. The van der Waals surface area contributed by atoms with Gasteiger partial charge in [0, 0.05) is 17.0 Å². The van der Waals surface area contributed by atoms with Crippen LogP contribution in [0.15, 0.2) is 60.7 Å². The number of benzene rings is 3. The van der Waals surface area contributed by atoms with Crippen LogP contribution in [0.4, 0.5) is 4.39 Å². The van der Waals surface area contributed by atoms with Crippen LogP contribution in [0.3, 0.4) is 0 Å². The summed E-state index contributed by atoms with van der Waals surface area (Å²) in [6.45, 7) is 0. The van der Waals surface area contributed by atoms with Crippen molar-refractivity contribution in [2.24, 2.45) is 0 Å². The Balaban J connectivity index is 1.61. The summed E-state index contributed by atoms with van der Waals surface area (Å²) in [6, 6.07) is 18.4. The second-order valence-electron chi connectivity index (χ2n) is 5.99. The van der Waals surface area contributed by atoms with E-state index in [9.17, 15) is 9.18 Å². The fraction of sp³-hybridized carbons (Fsp3) is 0.150. The highest BCUT2D eigenvalue weighted by Crippen LogP contribution is 2.24. The second kappa shape index (κ2) is 5.51. The maximum absolute atomic E-state index is 13.9. The molecule has 0 spiro atoms. The molecule has 2 nitrogen and oxygen atoms in total. The molecule has 0 fully saturated rings. The molecular weight excluding hydrogens is 289 g/mol. The van der Waals surface area contributed by atoms with Crippen molar-refractivity contribution in [1.29, 1.82) is 0 Å². The summed E-state index contributed by atoms with van der Waals surface area (Å²) in [5.74, 6) is -0.440. The topological polar surface area (TPSA) is 29.1 Å². The van der Waals surface area contributed by atoms with Gasteiger partial charge >= 0.3 is 0 Å². The Labute approximate surface area is 134 Å². The third-order valence-corrected chi connectivity index (χ3v) is 4.50. The van der Waals surface area contributed by atoms with Crippen molar-refractivity contribution in [3.05, 3.63) is 83.2 Å². The summed E-state index contributed by atoms with van der Waals surface area (Å²) in [7, 11) is 0. The average molecular weight is 305 g/mol. The van der Waals surface area contributed by atoms with Gasteiger partial charge in [-0.3, -0.25) is 4.79 Å². The van der Waals surface area contributed by atoms with Crippen LogP contribution in [0.2, 0.25) is 0 Å². The Morgan fingerprint density at radius 3 is 2.17 bits per heavy atom. The lowest BCUT2D eigenvalue weighted by Crippen LogP contribution is -2.35. The number of carbonyl (C=O) groups is 1. The molecule has 0 heterocycles. The number of nitrogens with one attached hydrogen (secondary N) is 1. The van der Waals surface area contributed by atoms with E-state index in [4.69, 9.17) is 0 Å². The molecule has 0 unspecified atom stereocenters.